The van der Waals surface area contributed by atoms with Gasteiger partial charge in [0.05, 0.1) is 6.61 Å². The van der Waals surface area contributed by atoms with Crippen LogP contribution in [0.2, 0.25) is 0 Å². The molecule has 0 saturated heterocycles. The van der Waals surface area contributed by atoms with Crippen molar-refractivity contribution < 1.29 is 13.5 Å². The van der Waals surface area contributed by atoms with Gasteiger partial charge in [-0.2, -0.15) is 0 Å². The number of sulfonamides is 1. The number of aromatic nitrogens is 1. The van der Waals surface area contributed by atoms with E-state index in [1.807, 2.05) is 0 Å². The van der Waals surface area contributed by atoms with Crippen LogP contribution in [-0.4, -0.2) is 25.1 Å². The molecule has 1 fully saturated rings. The zero-order valence-corrected chi connectivity index (χ0v) is 11.2. The zero-order chi connectivity index (χ0) is 13.2. The summed E-state index contributed by atoms with van der Waals surface area (Å²) in [5, 5.41) is 8.88. The van der Waals surface area contributed by atoms with E-state index in [0.717, 1.165) is 19.3 Å². The molecule has 0 atom stereocenters. The summed E-state index contributed by atoms with van der Waals surface area (Å²) in [5.41, 5.74) is 0.763. The Bertz CT molecular complexity index is 507. The fourth-order valence-electron chi connectivity index (χ4n) is 1.82. The van der Waals surface area contributed by atoms with Gasteiger partial charge in [-0.15, -0.1) is 0 Å². The van der Waals surface area contributed by atoms with Gasteiger partial charge in [-0.25, -0.2) is 18.1 Å². The lowest BCUT2D eigenvalue weighted by molar-refractivity contribution is 0.281. The molecule has 2 rings (SSSR count). The van der Waals surface area contributed by atoms with Crippen LogP contribution in [0, 0.1) is 5.41 Å². The second-order valence-corrected chi connectivity index (χ2v) is 6.55. The normalized spacial score (nSPS) is 17.7. The molecule has 1 aromatic heterocycles. The average molecular weight is 270 g/mol. The first kappa shape index (κ1) is 13.5. The minimum absolute atomic E-state index is 0.00611. The summed E-state index contributed by atoms with van der Waals surface area (Å²) in [6.07, 6.45) is 4.54. The summed E-state index contributed by atoms with van der Waals surface area (Å²) >= 11 is 0. The fourth-order valence-corrected chi connectivity index (χ4v) is 2.90. The minimum Gasteiger partial charge on any atom is -0.392 e. The molecule has 5 nitrogen and oxygen atoms in total. The molecule has 0 radical (unpaired) electrons. The minimum atomic E-state index is -3.53. The lowest BCUT2D eigenvalue weighted by Crippen LogP contribution is -2.30. The lowest BCUT2D eigenvalue weighted by atomic mass is 10.1. The highest BCUT2D eigenvalue weighted by Crippen LogP contribution is 2.48. The van der Waals surface area contributed by atoms with E-state index in [4.69, 9.17) is 5.11 Å². The van der Waals surface area contributed by atoms with Crippen molar-refractivity contribution in [1.29, 1.82) is 0 Å². The molecule has 0 unspecified atom stereocenters. The molecule has 1 saturated carbocycles. The van der Waals surface area contributed by atoms with Crippen molar-refractivity contribution in [2.75, 3.05) is 6.54 Å². The van der Waals surface area contributed by atoms with Gasteiger partial charge in [-0.1, -0.05) is 13.0 Å². The highest BCUT2D eigenvalue weighted by Gasteiger charge is 2.41. The number of hydrogen-bond donors (Lipinski definition) is 2. The van der Waals surface area contributed by atoms with E-state index in [1.54, 1.807) is 6.07 Å². The van der Waals surface area contributed by atoms with Crippen molar-refractivity contribution >= 4 is 10.0 Å². The highest BCUT2D eigenvalue weighted by molar-refractivity contribution is 7.89. The number of rotatable bonds is 6. The summed E-state index contributed by atoms with van der Waals surface area (Å²) in [6.45, 7) is 2.42. The Morgan fingerprint density at radius 1 is 1.44 bits per heavy atom. The maximum atomic E-state index is 12.0. The van der Waals surface area contributed by atoms with E-state index >= 15 is 0 Å². The van der Waals surface area contributed by atoms with Gasteiger partial charge < -0.3 is 5.11 Å². The van der Waals surface area contributed by atoms with Crippen LogP contribution in [0.25, 0.3) is 0 Å². The maximum Gasteiger partial charge on any atom is 0.258 e. The summed E-state index contributed by atoms with van der Waals surface area (Å²) in [7, 11) is -3.53. The van der Waals surface area contributed by atoms with Crippen LogP contribution >= 0.6 is 0 Å². The van der Waals surface area contributed by atoms with Gasteiger partial charge in [0.25, 0.3) is 10.0 Å². The second-order valence-electron chi connectivity index (χ2n) is 4.84. The van der Waals surface area contributed by atoms with Gasteiger partial charge in [0.1, 0.15) is 0 Å². The van der Waals surface area contributed by atoms with E-state index < -0.39 is 10.0 Å². The third-order valence-corrected chi connectivity index (χ3v) is 4.92. The molecule has 0 amide bonds. The molecule has 1 heterocycles. The van der Waals surface area contributed by atoms with E-state index in [1.165, 1.54) is 12.3 Å². The van der Waals surface area contributed by atoms with Crippen LogP contribution in [-0.2, 0) is 16.6 Å². The summed E-state index contributed by atoms with van der Waals surface area (Å²) in [6, 6.07) is 2.98. The van der Waals surface area contributed by atoms with E-state index in [-0.39, 0.29) is 17.0 Å². The summed E-state index contributed by atoms with van der Waals surface area (Å²) < 4.78 is 26.6. The fraction of sp³-hybridized carbons (Fsp3) is 0.583. The number of nitrogens with one attached hydrogen (secondary N) is 1. The molecule has 1 aromatic rings. The summed E-state index contributed by atoms with van der Waals surface area (Å²) in [4.78, 5) is 3.86. The number of nitrogens with zero attached hydrogens (tertiary/aromatic N) is 1. The standard InChI is InChI=1S/C12H18N2O3S/c1-2-12(5-6-12)9-14-18(16,17)11-4-3-10(8-15)7-13-11/h3-4,7,14-15H,2,5-6,8-9H2,1H3. The van der Waals surface area contributed by atoms with Crippen LogP contribution in [0.3, 0.4) is 0 Å². The molecular formula is C12H18N2O3S. The molecule has 6 heteroatoms. The van der Waals surface area contributed by atoms with Crippen LogP contribution in [0.15, 0.2) is 23.4 Å². The van der Waals surface area contributed by atoms with Gasteiger partial charge in [-0.3, -0.25) is 0 Å². The average Bonchev–Trinajstić information content (AvgIpc) is 3.17. The Kier molecular flexibility index (Phi) is 3.70. The van der Waals surface area contributed by atoms with Crippen LogP contribution in [0.1, 0.15) is 31.7 Å². The van der Waals surface area contributed by atoms with Crippen molar-refractivity contribution in [3.8, 4) is 0 Å². The van der Waals surface area contributed by atoms with Gasteiger partial charge in [0.2, 0.25) is 0 Å². The Morgan fingerprint density at radius 2 is 2.17 bits per heavy atom. The Morgan fingerprint density at radius 3 is 2.61 bits per heavy atom. The zero-order valence-electron chi connectivity index (χ0n) is 10.4. The molecule has 100 valence electrons. The molecule has 1 aliphatic carbocycles. The maximum absolute atomic E-state index is 12.0. The molecule has 0 aliphatic heterocycles. The van der Waals surface area contributed by atoms with Crippen molar-refractivity contribution in [2.45, 2.75) is 37.8 Å². The molecule has 18 heavy (non-hydrogen) atoms. The Hall–Kier alpha value is -0.980. The number of aliphatic hydroxyl groups excluding tert-OH is 1. The first-order chi connectivity index (χ1) is 8.51. The van der Waals surface area contributed by atoms with Crippen LogP contribution < -0.4 is 4.72 Å². The van der Waals surface area contributed by atoms with Crippen molar-refractivity contribution in [3.05, 3.63) is 23.9 Å². The topological polar surface area (TPSA) is 79.3 Å². The van der Waals surface area contributed by atoms with Crippen molar-refractivity contribution in [2.24, 2.45) is 5.41 Å². The Balaban J connectivity index is 2.05. The largest absolute Gasteiger partial charge is 0.392 e. The predicted octanol–water partition coefficient (Wildman–Crippen LogP) is 1.04. The van der Waals surface area contributed by atoms with E-state index in [2.05, 4.69) is 16.6 Å². The van der Waals surface area contributed by atoms with Gasteiger partial charge >= 0.3 is 0 Å². The molecule has 2 N–H and O–H groups in total. The first-order valence-electron chi connectivity index (χ1n) is 6.07. The quantitative estimate of drug-likeness (QED) is 0.809. The van der Waals surface area contributed by atoms with E-state index in [9.17, 15) is 8.42 Å². The number of aliphatic hydroxyl groups is 1. The van der Waals surface area contributed by atoms with Gasteiger partial charge in [0.15, 0.2) is 5.03 Å². The molecule has 0 bridgehead atoms. The predicted molar refractivity (Wildman–Crippen MR) is 67.3 cm³/mol. The van der Waals surface area contributed by atoms with Gasteiger partial charge in [0, 0.05) is 12.7 Å². The van der Waals surface area contributed by atoms with Crippen LogP contribution in [0.4, 0.5) is 0 Å². The van der Waals surface area contributed by atoms with Crippen LogP contribution in [0.5, 0.6) is 0 Å². The van der Waals surface area contributed by atoms with Crippen molar-refractivity contribution in [1.82, 2.24) is 9.71 Å². The molecule has 1 aliphatic rings. The molecular weight excluding hydrogens is 252 g/mol. The Labute approximate surface area is 107 Å². The lowest BCUT2D eigenvalue weighted by Gasteiger charge is -2.13. The smallest absolute Gasteiger partial charge is 0.258 e. The van der Waals surface area contributed by atoms with Gasteiger partial charge in [-0.05, 0) is 36.3 Å². The number of hydrogen-bond acceptors (Lipinski definition) is 4. The second kappa shape index (κ2) is 4.95. The SMILES string of the molecule is CCC1(CNS(=O)(=O)c2ccc(CO)cn2)CC1. The van der Waals surface area contributed by atoms with E-state index in [0.29, 0.717) is 12.1 Å². The molecule has 0 spiro atoms. The third kappa shape index (κ3) is 2.88. The van der Waals surface area contributed by atoms with Crippen molar-refractivity contribution in [3.63, 3.8) is 0 Å². The monoisotopic (exact) mass is 270 g/mol. The highest BCUT2D eigenvalue weighted by atomic mass is 32.2. The first-order valence-corrected chi connectivity index (χ1v) is 7.55. The molecule has 0 aromatic carbocycles. The summed E-state index contributed by atoms with van der Waals surface area (Å²) in [5.74, 6) is 0. The third-order valence-electron chi connectivity index (χ3n) is 3.60. The number of pyridine rings is 1.